The van der Waals surface area contributed by atoms with Crippen molar-refractivity contribution in [2.24, 2.45) is 0 Å². The second-order valence-electron chi connectivity index (χ2n) is 10.2. The summed E-state index contributed by atoms with van der Waals surface area (Å²) in [6.07, 6.45) is 0.640. The molecule has 4 aromatic rings. The normalized spacial score (nSPS) is 14.7. The number of sulfonamides is 1. The number of fused-ring (bicyclic) bond motifs is 1. The summed E-state index contributed by atoms with van der Waals surface area (Å²) in [5.41, 5.74) is 3.99. The van der Waals surface area contributed by atoms with Crippen LogP contribution in [0.3, 0.4) is 0 Å². The average Bonchev–Trinajstić information content (AvgIpc) is 3.03. The van der Waals surface area contributed by atoms with Gasteiger partial charge in [-0.05, 0) is 59.0 Å². The quantitative estimate of drug-likeness (QED) is 0.182. The van der Waals surface area contributed by atoms with E-state index in [0.29, 0.717) is 35.7 Å². The third-order valence-electron chi connectivity index (χ3n) is 7.50. The van der Waals surface area contributed by atoms with Gasteiger partial charge in [-0.25, -0.2) is 13.1 Å². The van der Waals surface area contributed by atoms with Crippen LogP contribution in [0.15, 0.2) is 95.9 Å². The fourth-order valence-electron chi connectivity index (χ4n) is 5.39. The molecule has 0 spiro atoms. The minimum atomic E-state index is -4.15. The van der Waals surface area contributed by atoms with Crippen LogP contribution in [0.2, 0.25) is 0 Å². The summed E-state index contributed by atoms with van der Waals surface area (Å²) in [5, 5.41) is 14.3. The van der Waals surface area contributed by atoms with Crippen LogP contribution in [0, 0.1) is 10.1 Å². The Morgan fingerprint density at radius 2 is 1.61 bits per heavy atom. The first-order valence-corrected chi connectivity index (χ1v) is 15.3. The SMILES string of the molecule is COc1cc2c(cc1OC)C(c1ccccc1)N(CC(=O)NS(=O)(=O)c1ccc(CNc3ccccc3[N+](=O)[O-])cc1)CC2. The average molecular weight is 617 g/mol. The van der Waals surface area contributed by atoms with Crippen LogP contribution in [0.5, 0.6) is 11.5 Å². The zero-order chi connectivity index (χ0) is 31.3. The molecule has 1 aliphatic heterocycles. The van der Waals surface area contributed by atoms with Crippen LogP contribution in [0.25, 0.3) is 0 Å². The molecule has 5 rings (SSSR count). The Morgan fingerprint density at radius 3 is 2.30 bits per heavy atom. The van der Waals surface area contributed by atoms with Crippen LogP contribution in [-0.2, 0) is 27.8 Å². The minimum Gasteiger partial charge on any atom is -0.493 e. The number of hydrogen-bond donors (Lipinski definition) is 2. The predicted molar refractivity (Wildman–Crippen MR) is 165 cm³/mol. The molecular weight excluding hydrogens is 584 g/mol. The molecule has 1 amide bonds. The highest BCUT2D eigenvalue weighted by Gasteiger charge is 2.32. The number of nitrogens with zero attached hydrogens (tertiary/aromatic N) is 2. The maximum absolute atomic E-state index is 13.2. The van der Waals surface area contributed by atoms with Gasteiger partial charge in [0.2, 0.25) is 5.91 Å². The number of nitro groups is 1. The number of methoxy groups -OCH3 is 2. The summed E-state index contributed by atoms with van der Waals surface area (Å²) in [6.45, 7) is 0.618. The van der Waals surface area contributed by atoms with Crippen molar-refractivity contribution >= 4 is 27.3 Å². The number of ether oxygens (including phenoxy) is 2. The van der Waals surface area contributed by atoms with E-state index in [1.807, 2.05) is 47.4 Å². The number of amides is 1. The lowest BCUT2D eigenvalue weighted by atomic mass is 9.87. The fourth-order valence-corrected chi connectivity index (χ4v) is 6.36. The first-order chi connectivity index (χ1) is 21.2. The largest absolute Gasteiger partial charge is 0.493 e. The van der Waals surface area contributed by atoms with Crippen molar-refractivity contribution in [1.29, 1.82) is 0 Å². The van der Waals surface area contributed by atoms with E-state index in [1.165, 1.54) is 18.2 Å². The van der Waals surface area contributed by atoms with Gasteiger partial charge in [-0.1, -0.05) is 54.6 Å². The second kappa shape index (κ2) is 13.1. The summed E-state index contributed by atoms with van der Waals surface area (Å²) in [6, 6.07) is 25.5. The highest BCUT2D eigenvalue weighted by molar-refractivity contribution is 7.90. The molecule has 0 fully saturated rings. The molecule has 1 unspecified atom stereocenters. The summed E-state index contributed by atoms with van der Waals surface area (Å²) in [4.78, 5) is 25.8. The Morgan fingerprint density at radius 1 is 0.955 bits per heavy atom. The van der Waals surface area contributed by atoms with E-state index in [1.54, 1.807) is 44.6 Å². The van der Waals surface area contributed by atoms with Crippen molar-refractivity contribution in [1.82, 2.24) is 9.62 Å². The molecule has 2 N–H and O–H groups in total. The number of benzene rings is 4. The lowest BCUT2D eigenvalue weighted by Crippen LogP contribution is -2.44. The summed E-state index contributed by atoms with van der Waals surface area (Å²) < 4.78 is 39.5. The Labute approximate surface area is 255 Å². The molecule has 228 valence electrons. The number of anilines is 1. The molecule has 11 nitrogen and oxygen atoms in total. The summed E-state index contributed by atoms with van der Waals surface area (Å²) >= 11 is 0. The van der Waals surface area contributed by atoms with Gasteiger partial charge < -0.3 is 14.8 Å². The highest BCUT2D eigenvalue weighted by atomic mass is 32.2. The van der Waals surface area contributed by atoms with Gasteiger partial charge in [-0.2, -0.15) is 0 Å². The van der Waals surface area contributed by atoms with Crippen molar-refractivity contribution < 1.29 is 27.6 Å². The van der Waals surface area contributed by atoms with Gasteiger partial charge in [0.05, 0.1) is 36.6 Å². The zero-order valence-corrected chi connectivity index (χ0v) is 25.0. The van der Waals surface area contributed by atoms with Crippen molar-refractivity contribution in [3.8, 4) is 11.5 Å². The number of hydrogen-bond acceptors (Lipinski definition) is 9. The lowest BCUT2D eigenvalue weighted by molar-refractivity contribution is -0.384. The van der Waals surface area contributed by atoms with E-state index in [4.69, 9.17) is 9.47 Å². The number of nitro benzene ring substituents is 1. The molecule has 1 heterocycles. The Kier molecular flexibility index (Phi) is 9.12. The highest BCUT2D eigenvalue weighted by Crippen LogP contribution is 2.40. The first kappa shape index (κ1) is 30.5. The minimum absolute atomic E-state index is 0.0556. The topological polar surface area (TPSA) is 140 Å². The van der Waals surface area contributed by atoms with E-state index < -0.39 is 20.9 Å². The van der Waals surface area contributed by atoms with Gasteiger partial charge >= 0.3 is 0 Å². The number of rotatable bonds is 11. The third-order valence-corrected chi connectivity index (χ3v) is 8.89. The molecule has 0 bridgehead atoms. The molecular formula is C32H32N4O7S. The first-order valence-electron chi connectivity index (χ1n) is 13.9. The number of carbonyl (C=O) groups excluding carboxylic acids is 1. The molecule has 0 aromatic heterocycles. The maximum atomic E-state index is 13.2. The van der Waals surface area contributed by atoms with Crippen LogP contribution < -0.4 is 19.5 Å². The van der Waals surface area contributed by atoms with E-state index in [2.05, 4.69) is 10.0 Å². The molecule has 0 radical (unpaired) electrons. The van der Waals surface area contributed by atoms with Crippen LogP contribution in [0.1, 0.15) is 28.3 Å². The van der Waals surface area contributed by atoms with Gasteiger partial charge in [-0.15, -0.1) is 0 Å². The Balaban J connectivity index is 1.29. The monoisotopic (exact) mass is 616 g/mol. The Bertz CT molecular complexity index is 1760. The molecule has 1 atom stereocenters. The van der Waals surface area contributed by atoms with Crippen molar-refractivity contribution in [3.63, 3.8) is 0 Å². The smallest absolute Gasteiger partial charge is 0.292 e. The lowest BCUT2D eigenvalue weighted by Gasteiger charge is -2.37. The zero-order valence-electron chi connectivity index (χ0n) is 24.2. The maximum Gasteiger partial charge on any atom is 0.292 e. The van der Waals surface area contributed by atoms with Gasteiger partial charge in [0.15, 0.2) is 11.5 Å². The van der Waals surface area contributed by atoms with Crippen molar-refractivity contribution in [2.45, 2.75) is 23.9 Å². The van der Waals surface area contributed by atoms with E-state index in [-0.39, 0.29) is 29.7 Å². The summed E-state index contributed by atoms with van der Waals surface area (Å²) in [5.74, 6) is 0.539. The van der Waals surface area contributed by atoms with Crippen LogP contribution >= 0.6 is 0 Å². The predicted octanol–water partition coefficient (Wildman–Crippen LogP) is 4.68. The van der Waals surface area contributed by atoms with Gasteiger partial charge in [0.1, 0.15) is 5.69 Å². The van der Waals surface area contributed by atoms with Crippen LogP contribution in [0.4, 0.5) is 11.4 Å². The van der Waals surface area contributed by atoms with E-state index >= 15 is 0 Å². The van der Waals surface area contributed by atoms with Crippen LogP contribution in [-0.4, -0.2) is 51.5 Å². The van der Waals surface area contributed by atoms with E-state index in [9.17, 15) is 23.3 Å². The molecule has 1 aliphatic rings. The molecule has 0 saturated carbocycles. The number of nitrogens with one attached hydrogen (secondary N) is 2. The standard InChI is InChI=1S/C32H32N4O7S/c1-42-29-18-24-16-17-35(32(23-8-4-3-5-9-23)26(24)19-30(29)43-2)21-31(37)34-44(40,41)25-14-12-22(13-15-25)20-33-27-10-6-7-11-28(27)36(38)39/h3-15,18-19,32-33H,16-17,20-21H2,1-2H3,(H,34,37). The number of carbonyl (C=O) groups is 1. The van der Waals surface area contributed by atoms with Crippen molar-refractivity contribution in [3.05, 3.63) is 123 Å². The Hall–Kier alpha value is -4.94. The van der Waals surface area contributed by atoms with Gasteiger partial charge in [0.25, 0.3) is 15.7 Å². The number of para-hydroxylation sites is 2. The van der Waals surface area contributed by atoms with Crippen molar-refractivity contribution in [2.75, 3.05) is 32.6 Å². The van der Waals surface area contributed by atoms with Gasteiger partial charge in [-0.3, -0.25) is 19.8 Å². The van der Waals surface area contributed by atoms with Gasteiger partial charge in [0, 0.05) is 19.2 Å². The second-order valence-corrected chi connectivity index (χ2v) is 11.9. The van der Waals surface area contributed by atoms with E-state index in [0.717, 1.165) is 16.7 Å². The molecule has 44 heavy (non-hydrogen) atoms. The molecule has 12 heteroatoms. The fraction of sp³-hybridized carbons (Fsp3) is 0.219. The summed E-state index contributed by atoms with van der Waals surface area (Å²) in [7, 11) is -0.993. The molecule has 0 saturated heterocycles. The molecule has 4 aromatic carbocycles. The molecule has 0 aliphatic carbocycles. The third kappa shape index (κ3) is 6.66.